The summed E-state index contributed by atoms with van der Waals surface area (Å²) in [7, 11) is 1.30. The number of carbonyl (C=O) groups excluding carboxylic acids is 2. The number of anilines is 1. The van der Waals surface area contributed by atoms with Crippen LogP contribution in [0.25, 0.3) is 0 Å². The number of carbonyl (C=O) groups is 2. The lowest BCUT2D eigenvalue weighted by atomic mass is 10.0. The fourth-order valence-corrected chi connectivity index (χ4v) is 4.10. The number of nitrogens with one attached hydrogen (secondary N) is 2. The molecule has 5 rings (SSSR count). The second-order valence-corrected chi connectivity index (χ2v) is 8.52. The molecule has 0 saturated heterocycles. The molecule has 1 heterocycles. The highest BCUT2D eigenvalue weighted by atomic mass is 16.7. The number of methoxy groups -OCH3 is 1. The van der Waals surface area contributed by atoms with Crippen molar-refractivity contribution in [3.8, 4) is 17.2 Å². The lowest BCUT2D eigenvalue weighted by Gasteiger charge is -2.22. The molecule has 1 aliphatic heterocycles. The highest BCUT2D eigenvalue weighted by Crippen LogP contribution is 2.33. The summed E-state index contributed by atoms with van der Waals surface area (Å²) in [6, 6.07) is 29.4. The van der Waals surface area contributed by atoms with Crippen LogP contribution in [0.3, 0.4) is 0 Å². The normalized spacial score (nSPS) is 11.6. The Balaban J connectivity index is 1.33. The molecule has 0 atom stereocenters. The van der Waals surface area contributed by atoms with Crippen molar-refractivity contribution in [2.75, 3.05) is 19.2 Å². The van der Waals surface area contributed by atoms with Crippen LogP contribution in [-0.2, 0) is 11.3 Å². The van der Waals surface area contributed by atoms with Crippen LogP contribution in [0.15, 0.2) is 97.1 Å². The van der Waals surface area contributed by atoms with Crippen molar-refractivity contribution < 1.29 is 28.5 Å². The van der Waals surface area contributed by atoms with Crippen LogP contribution < -0.4 is 24.8 Å². The average molecular weight is 511 g/mol. The Morgan fingerprint density at radius 3 is 2.21 bits per heavy atom. The van der Waals surface area contributed by atoms with E-state index < -0.39 is 18.1 Å². The third-order valence-corrected chi connectivity index (χ3v) is 5.98. The Hall–Kier alpha value is -4.98. The van der Waals surface area contributed by atoms with Gasteiger partial charge in [0.2, 0.25) is 6.79 Å². The third-order valence-electron chi connectivity index (χ3n) is 5.98. The van der Waals surface area contributed by atoms with Crippen molar-refractivity contribution in [2.45, 2.75) is 12.6 Å². The van der Waals surface area contributed by atoms with Crippen molar-refractivity contribution in [3.05, 3.63) is 119 Å². The molecule has 0 aromatic heterocycles. The smallest absolute Gasteiger partial charge is 0.341 e. The van der Waals surface area contributed by atoms with Gasteiger partial charge in [0.1, 0.15) is 17.4 Å². The molecule has 38 heavy (non-hydrogen) atoms. The molecule has 4 aromatic rings. The van der Waals surface area contributed by atoms with Gasteiger partial charge in [0, 0.05) is 12.2 Å². The Bertz CT molecular complexity index is 1390. The van der Waals surface area contributed by atoms with Gasteiger partial charge in [-0.05, 0) is 47.0 Å². The first-order valence-electron chi connectivity index (χ1n) is 12.0. The minimum atomic E-state index is -0.579. The summed E-state index contributed by atoms with van der Waals surface area (Å²) in [5.41, 5.74) is 3.32. The summed E-state index contributed by atoms with van der Waals surface area (Å²) < 4.78 is 22.1. The fourth-order valence-electron chi connectivity index (χ4n) is 4.10. The second-order valence-electron chi connectivity index (χ2n) is 8.52. The highest BCUT2D eigenvalue weighted by Gasteiger charge is 2.21. The number of amides is 2. The van der Waals surface area contributed by atoms with Crippen LogP contribution in [0, 0.1) is 0 Å². The second kappa shape index (κ2) is 11.4. The lowest BCUT2D eigenvalue weighted by molar-refractivity contribution is 0.0594. The van der Waals surface area contributed by atoms with Gasteiger partial charge < -0.3 is 29.6 Å². The van der Waals surface area contributed by atoms with Crippen LogP contribution in [0.1, 0.15) is 33.2 Å². The number of esters is 1. The van der Waals surface area contributed by atoms with E-state index in [0.29, 0.717) is 22.9 Å². The SMILES string of the molecule is COC(=O)c1cc(NC(=O)NCc2ccc3c(c2)OCO3)ccc1OC(c1ccccc1)c1ccccc1. The molecule has 0 radical (unpaired) electrons. The highest BCUT2D eigenvalue weighted by molar-refractivity contribution is 5.96. The van der Waals surface area contributed by atoms with E-state index in [1.54, 1.807) is 18.2 Å². The van der Waals surface area contributed by atoms with Crippen LogP contribution in [0.4, 0.5) is 10.5 Å². The van der Waals surface area contributed by atoms with Crippen molar-refractivity contribution in [1.29, 1.82) is 0 Å². The standard InChI is InChI=1S/C30H26N2O6/c1-35-29(33)24-17-23(32-30(34)31-18-20-12-14-26-27(16-20)37-19-36-26)13-15-25(24)38-28(21-8-4-2-5-9-21)22-10-6-3-7-11-22/h2-17,28H,18-19H2,1H3,(H2,31,32,34). The van der Waals surface area contributed by atoms with E-state index >= 15 is 0 Å². The van der Waals surface area contributed by atoms with Crippen LogP contribution in [0.5, 0.6) is 17.2 Å². The van der Waals surface area contributed by atoms with Crippen LogP contribution >= 0.6 is 0 Å². The van der Waals surface area contributed by atoms with Crippen LogP contribution in [0.2, 0.25) is 0 Å². The largest absolute Gasteiger partial charge is 0.480 e. The topological polar surface area (TPSA) is 95.1 Å². The molecule has 8 nitrogen and oxygen atoms in total. The molecular formula is C30H26N2O6. The van der Waals surface area contributed by atoms with Gasteiger partial charge >= 0.3 is 12.0 Å². The molecule has 2 N–H and O–H groups in total. The summed E-state index contributed by atoms with van der Waals surface area (Å²) in [4.78, 5) is 25.3. The van der Waals surface area contributed by atoms with Crippen LogP contribution in [-0.4, -0.2) is 25.9 Å². The van der Waals surface area contributed by atoms with Crippen molar-refractivity contribution >= 4 is 17.7 Å². The number of ether oxygens (including phenoxy) is 4. The summed E-state index contributed by atoms with van der Waals surface area (Å²) in [5, 5.41) is 5.56. The predicted molar refractivity (Wildman–Crippen MR) is 142 cm³/mol. The maximum atomic E-state index is 12.7. The van der Waals surface area contributed by atoms with Gasteiger partial charge in [0.05, 0.1) is 7.11 Å². The zero-order chi connectivity index (χ0) is 26.3. The monoisotopic (exact) mass is 510 g/mol. The van der Waals surface area contributed by atoms with Gasteiger partial charge in [-0.3, -0.25) is 0 Å². The predicted octanol–water partition coefficient (Wildman–Crippen LogP) is 5.69. The molecule has 8 heteroatoms. The number of urea groups is 1. The van der Waals surface area contributed by atoms with E-state index in [9.17, 15) is 9.59 Å². The fraction of sp³-hybridized carbons (Fsp3) is 0.133. The maximum Gasteiger partial charge on any atom is 0.341 e. The summed E-state index contributed by atoms with van der Waals surface area (Å²) in [5.74, 6) is 1.08. The zero-order valence-corrected chi connectivity index (χ0v) is 20.7. The number of hydrogen-bond acceptors (Lipinski definition) is 6. The summed E-state index contributed by atoms with van der Waals surface area (Å²) >= 11 is 0. The maximum absolute atomic E-state index is 12.7. The lowest BCUT2D eigenvalue weighted by Crippen LogP contribution is -2.28. The number of benzene rings is 4. The van der Waals surface area contributed by atoms with Gasteiger partial charge in [-0.2, -0.15) is 0 Å². The van der Waals surface area contributed by atoms with Gasteiger partial charge in [0.25, 0.3) is 0 Å². The number of rotatable bonds is 8. The molecule has 0 aliphatic carbocycles. The minimum Gasteiger partial charge on any atom is -0.480 e. The molecule has 0 spiro atoms. The summed E-state index contributed by atoms with van der Waals surface area (Å²) in [6.45, 7) is 0.468. The Labute approximate surface area is 220 Å². The first kappa shape index (κ1) is 24.7. The zero-order valence-electron chi connectivity index (χ0n) is 20.7. The molecule has 0 bridgehead atoms. The minimum absolute atomic E-state index is 0.187. The summed E-state index contributed by atoms with van der Waals surface area (Å²) in [6.07, 6.45) is -0.454. The van der Waals surface area contributed by atoms with Gasteiger partial charge in [-0.15, -0.1) is 0 Å². The number of fused-ring (bicyclic) bond motifs is 1. The Morgan fingerprint density at radius 1 is 0.842 bits per heavy atom. The quantitative estimate of drug-likeness (QED) is 0.296. The van der Waals surface area contributed by atoms with Gasteiger partial charge in [-0.1, -0.05) is 66.7 Å². The molecular weight excluding hydrogens is 484 g/mol. The molecule has 0 saturated carbocycles. The van der Waals surface area contributed by atoms with E-state index in [1.807, 2.05) is 72.8 Å². The van der Waals surface area contributed by atoms with E-state index in [4.69, 9.17) is 18.9 Å². The Kier molecular flexibility index (Phi) is 7.40. The average Bonchev–Trinajstić information content (AvgIpc) is 3.44. The van der Waals surface area contributed by atoms with E-state index in [-0.39, 0.29) is 18.9 Å². The molecule has 0 unspecified atom stereocenters. The van der Waals surface area contributed by atoms with Crippen molar-refractivity contribution in [1.82, 2.24) is 5.32 Å². The molecule has 2 amide bonds. The van der Waals surface area contributed by atoms with E-state index in [2.05, 4.69) is 10.6 Å². The first-order valence-corrected chi connectivity index (χ1v) is 12.0. The van der Waals surface area contributed by atoms with Crippen molar-refractivity contribution in [3.63, 3.8) is 0 Å². The molecule has 1 aliphatic rings. The third kappa shape index (κ3) is 5.70. The molecule has 4 aromatic carbocycles. The first-order chi connectivity index (χ1) is 18.6. The van der Waals surface area contributed by atoms with Gasteiger partial charge in [-0.25, -0.2) is 9.59 Å². The molecule has 192 valence electrons. The van der Waals surface area contributed by atoms with E-state index in [0.717, 1.165) is 16.7 Å². The van der Waals surface area contributed by atoms with E-state index in [1.165, 1.54) is 13.2 Å². The molecule has 0 fully saturated rings. The van der Waals surface area contributed by atoms with Gasteiger partial charge in [0.15, 0.2) is 11.5 Å². The Morgan fingerprint density at radius 2 is 1.53 bits per heavy atom. The number of hydrogen-bond donors (Lipinski definition) is 2. The van der Waals surface area contributed by atoms with Crippen molar-refractivity contribution in [2.24, 2.45) is 0 Å².